The maximum absolute atomic E-state index is 13.3. The quantitative estimate of drug-likeness (QED) is 0.226. The first-order valence-electron chi connectivity index (χ1n) is 12.0. The molecule has 0 unspecified atom stereocenters. The molecule has 0 fully saturated rings. The van der Waals surface area contributed by atoms with E-state index in [1.54, 1.807) is 36.4 Å². The minimum atomic E-state index is -0.348. The number of nitrogens with one attached hydrogen (secondary N) is 2. The van der Waals surface area contributed by atoms with Crippen molar-refractivity contribution in [3.8, 4) is 0 Å². The van der Waals surface area contributed by atoms with Gasteiger partial charge in [-0.3, -0.25) is 19.2 Å². The number of rotatable bonds is 12. The number of ketones is 2. The van der Waals surface area contributed by atoms with Gasteiger partial charge in [0, 0.05) is 24.5 Å². The molecule has 34 heavy (non-hydrogen) atoms. The summed E-state index contributed by atoms with van der Waals surface area (Å²) in [6.07, 6.45) is 9.19. The van der Waals surface area contributed by atoms with Crippen molar-refractivity contribution in [2.75, 3.05) is 16.4 Å². The molecule has 7 heteroatoms. The molecule has 6 nitrogen and oxygen atoms in total. The van der Waals surface area contributed by atoms with Crippen LogP contribution in [0.1, 0.15) is 96.6 Å². The van der Waals surface area contributed by atoms with Gasteiger partial charge >= 0.3 is 0 Å². The van der Waals surface area contributed by atoms with Gasteiger partial charge in [-0.2, -0.15) is 12.6 Å². The fourth-order valence-corrected chi connectivity index (χ4v) is 4.52. The Morgan fingerprint density at radius 2 is 1.18 bits per heavy atom. The van der Waals surface area contributed by atoms with Gasteiger partial charge in [-0.05, 0) is 30.7 Å². The molecule has 2 aromatic rings. The molecule has 0 aromatic heterocycles. The lowest BCUT2D eigenvalue weighted by molar-refractivity contribution is -0.116. The van der Waals surface area contributed by atoms with Crippen LogP contribution in [0.3, 0.4) is 0 Å². The number of fused-ring (bicyclic) bond motifs is 2. The van der Waals surface area contributed by atoms with Crippen LogP contribution in [-0.2, 0) is 9.59 Å². The monoisotopic (exact) mass is 480 g/mol. The Morgan fingerprint density at radius 1 is 0.706 bits per heavy atom. The molecule has 0 spiro atoms. The zero-order chi connectivity index (χ0) is 24.5. The summed E-state index contributed by atoms with van der Waals surface area (Å²) in [5.41, 5.74) is 1.40. The first kappa shape index (κ1) is 25.7. The van der Waals surface area contributed by atoms with Crippen LogP contribution in [0.4, 0.5) is 11.4 Å². The lowest BCUT2D eigenvalue weighted by Gasteiger charge is -2.23. The molecule has 2 N–H and O–H groups in total. The van der Waals surface area contributed by atoms with Gasteiger partial charge in [0.2, 0.25) is 11.8 Å². The molecule has 0 saturated carbocycles. The Labute approximate surface area is 206 Å². The van der Waals surface area contributed by atoms with Gasteiger partial charge in [0.1, 0.15) is 0 Å². The second-order valence-electron chi connectivity index (χ2n) is 8.65. The summed E-state index contributed by atoms with van der Waals surface area (Å²) >= 11 is 4.22. The normalized spacial score (nSPS) is 12.2. The highest BCUT2D eigenvalue weighted by Gasteiger charge is 2.34. The summed E-state index contributed by atoms with van der Waals surface area (Å²) in [4.78, 5) is 50.8. The van der Waals surface area contributed by atoms with Crippen molar-refractivity contribution in [3.05, 3.63) is 58.7 Å². The lowest BCUT2D eigenvalue weighted by atomic mass is 9.82. The topological polar surface area (TPSA) is 92.3 Å². The molecule has 0 heterocycles. The van der Waals surface area contributed by atoms with Gasteiger partial charge in [-0.15, -0.1) is 0 Å². The van der Waals surface area contributed by atoms with E-state index >= 15 is 0 Å². The maximum atomic E-state index is 13.3. The fourth-order valence-electron chi connectivity index (χ4n) is 4.29. The smallest absolute Gasteiger partial charge is 0.224 e. The molecule has 180 valence electrons. The second kappa shape index (κ2) is 12.5. The van der Waals surface area contributed by atoms with Crippen molar-refractivity contribution in [2.24, 2.45) is 0 Å². The highest BCUT2D eigenvalue weighted by molar-refractivity contribution is 7.80. The van der Waals surface area contributed by atoms with Crippen molar-refractivity contribution in [1.82, 2.24) is 0 Å². The van der Waals surface area contributed by atoms with Crippen molar-refractivity contribution >= 4 is 47.4 Å². The largest absolute Gasteiger partial charge is 0.326 e. The number of amides is 2. The first-order chi connectivity index (χ1) is 16.4. The number of unbranched alkanes of at least 4 members (excludes halogenated alkanes) is 7. The third-order valence-corrected chi connectivity index (χ3v) is 6.29. The van der Waals surface area contributed by atoms with E-state index in [0.717, 1.165) is 25.0 Å². The second-order valence-corrected chi connectivity index (χ2v) is 9.09. The molecule has 0 radical (unpaired) electrons. The number of thiol groups is 1. The Hall–Kier alpha value is -2.93. The zero-order valence-electron chi connectivity index (χ0n) is 19.6. The zero-order valence-corrected chi connectivity index (χ0v) is 20.5. The SMILES string of the molecule is CC(=O)Nc1ccc(NC(=O)CCCCCCCCCCS)c2c1C(=O)c1ccccc1C2=O. The summed E-state index contributed by atoms with van der Waals surface area (Å²) in [5, 5.41) is 5.46. The molecule has 1 aliphatic carbocycles. The Morgan fingerprint density at radius 3 is 1.68 bits per heavy atom. The highest BCUT2D eigenvalue weighted by Crippen LogP contribution is 2.36. The number of carbonyl (C=O) groups excluding carboxylic acids is 4. The molecular formula is C27H32N2O4S. The predicted molar refractivity (Wildman–Crippen MR) is 138 cm³/mol. The van der Waals surface area contributed by atoms with Gasteiger partial charge in [-0.25, -0.2) is 0 Å². The predicted octanol–water partition coefficient (Wildman–Crippen LogP) is 5.80. The van der Waals surface area contributed by atoms with E-state index in [9.17, 15) is 19.2 Å². The minimum absolute atomic E-state index is 0.120. The van der Waals surface area contributed by atoms with Crippen LogP contribution in [0.5, 0.6) is 0 Å². The molecule has 2 amide bonds. The van der Waals surface area contributed by atoms with E-state index < -0.39 is 0 Å². The fraction of sp³-hybridized carbons (Fsp3) is 0.407. The van der Waals surface area contributed by atoms with Crippen LogP contribution < -0.4 is 10.6 Å². The van der Waals surface area contributed by atoms with Gasteiger partial charge < -0.3 is 10.6 Å². The van der Waals surface area contributed by atoms with Gasteiger partial charge in [-0.1, -0.05) is 62.8 Å². The number of hydrogen-bond donors (Lipinski definition) is 3. The highest BCUT2D eigenvalue weighted by atomic mass is 32.1. The molecule has 3 rings (SSSR count). The van der Waals surface area contributed by atoms with Crippen molar-refractivity contribution in [3.63, 3.8) is 0 Å². The van der Waals surface area contributed by atoms with Crippen LogP contribution in [0, 0.1) is 0 Å². The number of carbonyl (C=O) groups is 4. The van der Waals surface area contributed by atoms with E-state index in [-0.39, 0.29) is 40.2 Å². The summed E-state index contributed by atoms with van der Waals surface area (Å²) in [6, 6.07) is 9.73. The van der Waals surface area contributed by atoms with E-state index in [0.29, 0.717) is 23.2 Å². The van der Waals surface area contributed by atoms with Crippen LogP contribution in [0.15, 0.2) is 36.4 Å². The summed E-state index contributed by atoms with van der Waals surface area (Å²) in [5.74, 6) is -0.284. The van der Waals surface area contributed by atoms with Crippen LogP contribution in [-0.4, -0.2) is 29.1 Å². The lowest BCUT2D eigenvalue weighted by Crippen LogP contribution is -2.26. The van der Waals surface area contributed by atoms with Gasteiger partial charge in [0.05, 0.1) is 22.5 Å². The van der Waals surface area contributed by atoms with E-state index in [1.807, 2.05) is 0 Å². The molecule has 0 bridgehead atoms. The average molecular weight is 481 g/mol. The maximum Gasteiger partial charge on any atom is 0.224 e. The van der Waals surface area contributed by atoms with Crippen LogP contribution in [0.25, 0.3) is 0 Å². The third kappa shape index (κ3) is 6.35. The van der Waals surface area contributed by atoms with E-state index in [1.165, 1.54) is 39.0 Å². The first-order valence-corrected chi connectivity index (χ1v) is 12.6. The van der Waals surface area contributed by atoms with E-state index in [4.69, 9.17) is 0 Å². The van der Waals surface area contributed by atoms with Gasteiger partial charge in [0.25, 0.3) is 0 Å². The minimum Gasteiger partial charge on any atom is -0.326 e. The number of hydrogen-bond acceptors (Lipinski definition) is 5. The molecule has 2 aromatic carbocycles. The average Bonchev–Trinajstić information content (AvgIpc) is 2.82. The Bertz CT molecular complexity index is 1080. The summed E-state index contributed by atoms with van der Waals surface area (Å²) < 4.78 is 0. The summed E-state index contributed by atoms with van der Waals surface area (Å²) in [6.45, 7) is 1.34. The van der Waals surface area contributed by atoms with Gasteiger partial charge in [0.15, 0.2) is 11.6 Å². The molecule has 0 saturated heterocycles. The number of benzene rings is 2. The van der Waals surface area contributed by atoms with Crippen molar-refractivity contribution in [1.29, 1.82) is 0 Å². The van der Waals surface area contributed by atoms with Crippen molar-refractivity contribution in [2.45, 2.75) is 64.7 Å². The third-order valence-electron chi connectivity index (χ3n) is 5.97. The molecule has 0 aliphatic heterocycles. The Balaban J connectivity index is 1.67. The molecular weight excluding hydrogens is 448 g/mol. The standard InChI is InChI=1S/C27H32N2O4S/c1-18(30)28-21-15-16-22(29-23(31)14-8-6-4-2-3-5-7-11-17-34)25-24(21)26(32)19-12-9-10-13-20(19)27(25)33/h9-10,12-13,15-16,34H,2-8,11,14,17H2,1H3,(H,28,30)(H,29,31). The number of anilines is 2. The van der Waals surface area contributed by atoms with Crippen LogP contribution >= 0.6 is 12.6 Å². The van der Waals surface area contributed by atoms with Crippen LogP contribution in [0.2, 0.25) is 0 Å². The van der Waals surface area contributed by atoms with E-state index in [2.05, 4.69) is 23.3 Å². The van der Waals surface area contributed by atoms with Crippen molar-refractivity contribution < 1.29 is 19.2 Å². The molecule has 0 atom stereocenters. The Kier molecular flexibility index (Phi) is 9.45. The molecule has 1 aliphatic rings. The summed E-state index contributed by atoms with van der Waals surface area (Å²) in [7, 11) is 0.